The minimum absolute atomic E-state index is 0.0388. The van der Waals surface area contributed by atoms with Gasteiger partial charge in [-0.15, -0.1) is 0 Å². The molecule has 1 amide bonds. The first kappa shape index (κ1) is 16.7. The van der Waals surface area contributed by atoms with Crippen LogP contribution in [0.4, 0.5) is 5.69 Å². The van der Waals surface area contributed by atoms with Crippen LogP contribution in [0, 0.1) is 13.8 Å². The third-order valence-corrected chi connectivity index (χ3v) is 4.88. The van der Waals surface area contributed by atoms with E-state index in [1.54, 1.807) is 0 Å². The molecule has 5 nitrogen and oxygen atoms in total. The summed E-state index contributed by atoms with van der Waals surface area (Å²) in [4.78, 5) is 26.4. The lowest BCUT2D eigenvalue weighted by Gasteiger charge is -2.25. The molecule has 0 aliphatic carbocycles. The van der Waals surface area contributed by atoms with Crippen molar-refractivity contribution in [3.05, 3.63) is 39.7 Å². The first-order valence-electron chi connectivity index (χ1n) is 8.52. The van der Waals surface area contributed by atoms with E-state index in [1.807, 2.05) is 33.0 Å². The summed E-state index contributed by atoms with van der Waals surface area (Å²) in [5.41, 5.74) is 2.73. The molecule has 1 aliphatic rings. The number of amides is 1. The fraction of sp³-hybridized carbons (Fsp3) is 0.474. The molecule has 24 heavy (non-hydrogen) atoms. The van der Waals surface area contributed by atoms with Crippen molar-refractivity contribution >= 4 is 22.6 Å². The van der Waals surface area contributed by atoms with Gasteiger partial charge in [0.15, 0.2) is 0 Å². The topological polar surface area (TPSA) is 62.6 Å². The third-order valence-electron chi connectivity index (χ3n) is 4.88. The van der Waals surface area contributed by atoms with E-state index >= 15 is 0 Å². The minimum Gasteiger partial charge on any atom is -0.423 e. The first-order chi connectivity index (χ1) is 11.5. The average Bonchev–Trinajstić information content (AvgIpc) is 2.73. The molecule has 0 saturated carbocycles. The number of nitrogens with zero attached hydrogens (tertiary/aromatic N) is 1. The molecule has 2 aromatic rings. The van der Waals surface area contributed by atoms with Gasteiger partial charge < -0.3 is 9.73 Å². The summed E-state index contributed by atoms with van der Waals surface area (Å²) in [7, 11) is 2.02. The Morgan fingerprint density at radius 3 is 2.75 bits per heavy atom. The van der Waals surface area contributed by atoms with E-state index in [-0.39, 0.29) is 17.6 Å². The Hall–Kier alpha value is -2.14. The van der Waals surface area contributed by atoms with E-state index in [9.17, 15) is 9.59 Å². The number of benzene rings is 1. The third kappa shape index (κ3) is 3.36. The van der Waals surface area contributed by atoms with Crippen LogP contribution in [-0.2, 0) is 4.79 Å². The molecule has 1 saturated heterocycles. The Balaban J connectivity index is 1.90. The highest BCUT2D eigenvalue weighted by atomic mass is 16.4. The van der Waals surface area contributed by atoms with Gasteiger partial charge in [-0.1, -0.05) is 12.8 Å². The van der Waals surface area contributed by atoms with Crippen LogP contribution in [0.5, 0.6) is 0 Å². The number of nitrogens with one attached hydrogen (secondary N) is 1. The molecule has 1 aromatic carbocycles. The van der Waals surface area contributed by atoms with Crippen LogP contribution in [0.2, 0.25) is 0 Å². The van der Waals surface area contributed by atoms with E-state index in [1.165, 1.54) is 12.5 Å². The van der Waals surface area contributed by atoms with Gasteiger partial charge >= 0.3 is 5.63 Å². The van der Waals surface area contributed by atoms with Crippen LogP contribution in [0.3, 0.4) is 0 Å². The molecule has 5 heteroatoms. The standard InChI is InChI=1S/C19H24N2O3/c1-12-10-18(22)24-17-9-13(2)15(11-14(12)17)20-19(23)16-7-5-4-6-8-21(16)3/h9-11,16H,4-8H2,1-3H3,(H,20,23). The summed E-state index contributed by atoms with van der Waals surface area (Å²) >= 11 is 0. The zero-order valence-corrected chi connectivity index (χ0v) is 14.5. The molecule has 0 spiro atoms. The number of likely N-dealkylation sites (tertiary alicyclic amines) is 1. The number of rotatable bonds is 2. The number of hydrogen-bond acceptors (Lipinski definition) is 4. The van der Waals surface area contributed by atoms with Crippen molar-refractivity contribution in [1.29, 1.82) is 0 Å². The van der Waals surface area contributed by atoms with E-state index in [2.05, 4.69) is 10.2 Å². The fourth-order valence-corrected chi connectivity index (χ4v) is 3.40. The summed E-state index contributed by atoms with van der Waals surface area (Å²) in [6.07, 6.45) is 4.31. The lowest BCUT2D eigenvalue weighted by atomic mass is 10.1. The smallest absolute Gasteiger partial charge is 0.336 e. The predicted octanol–water partition coefficient (Wildman–Crippen LogP) is 3.22. The van der Waals surface area contributed by atoms with Gasteiger partial charge in [-0.2, -0.15) is 0 Å². The second-order valence-corrected chi connectivity index (χ2v) is 6.75. The van der Waals surface area contributed by atoms with Gasteiger partial charge in [0, 0.05) is 17.1 Å². The van der Waals surface area contributed by atoms with E-state index < -0.39 is 0 Å². The van der Waals surface area contributed by atoms with Crippen molar-refractivity contribution in [2.45, 2.75) is 45.6 Å². The number of hydrogen-bond donors (Lipinski definition) is 1. The molecule has 1 aromatic heterocycles. The van der Waals surface area contributed by atoms with Gasteiger partial charge in [-0.25, -0.2) is 4.79 Å². The van der Waals surface area contributed by atoms with Gasteiger partial charge in [0.05, 0.1) is 6.04 Å². The molecule has 1 N–H and O–H groups in total. The molecule has 1 unspecified atom stereocenters. The number of likely N-dealkylation sites (N-methyl/N-ethyl adjacent to an activating group) is 1. The molecule has 128 valence electrons. The second kappa shape index (κ2) is 6.77. The predicted molar refractivity (Wildman–Crippen MR) is 95.5 cm³/mol. The zero-order chi connectivity index (χ0) is 17.3. The Kier molecular flexibility index (Phi) is 4.71. The Labute approximate surface area is 141 Å². The Morgan fingerprint density at radius 1 is 1.17 bits per heavy atom. The summed E-state index contributed by atoms with van der Waals surface area (Å²) in [6, 6.07) is 5.10. The highest BCUT2D eigenvalue weighted by Crippen LogP contribution is 2.26. The van der Waals surface area contributed by atoms with Crippen LogP contribution in [-0.4, -0.2) is 30.4 Å². The summed E-state index contributed by atoms with van der Waals surface area (Å²) in [6.45, 7) is 4.74. The van der Waals surface area contributed by atoms with Crippen molar-refractivity contribution in [2.24, 2.45) is 0 Å². The van der Waals surface area contributed by atoms with Crippen LogP contribution in [0.15, 0.2) is 27.4 Å². The van der Waals surface area contributed by atoms with Crippen LogP contribution in [0.25, 0.3) is 11.0 Å². The summed E-state index contributed by atoms with van der Waals surface area (Å²) in [5.74, 6) is 0.0388. The minimum atomic E-state index is -0.351. The Bertz CT molecular complexity index is 825. The number of carbonyl (C=O) groups is 1. The first-order valence-corrected chi connectivity index (χ1v) is 8.52. The van der Waals surface area contributed by atoms with Crippen molar-refractivity contribution in [3.8, 4) is 0 Å². The maximum absolute atomic E-state index is 12.7. The molecular weight excluding hydrogens is 304 g/mol. The quantitative estimate of drug-likeness (QED) is 0.860. The van der Waals surface area contributed by atoms with Crippen LogP contribution >= 0.6 is 0 Å². The normalized spacial score (nSPS) is 19.2. The van der Waals surface area contributed by atoms with Gasteiger partial charge in [0.2, 0.25) is 5.91 Å². The number of aryl methyl sites for hydroxylation is 2. The summed E-state index contributed by atoms with van der Waals surface area (Å²) in [5, 5.41) is 3.92. The lowest BCUT2D eigenvalue weighted by Crippen LogP contribution is -2.41. The second-order valence-electron chi connectivity index (χ2n) is 6.75. The number of anilines is 1. The van der Waals surface area contributed by atoms with E-state index in [0.717, 1.165) is 48.0 Å². The van der Waals surface area contributed by atoms with Crippen molar-refractivity contribution in [1.82, 2.24) is 4.90 Å². The number of carbonyl (C=O) groups excluding carboxylic acids is 1. The molecule has 0 radical (unpaired) electrons. The van der Waals surface area contributed by atoms with E-state index in [0.29, 0.717) is 5.58 Å². The molecule has 0 bridgehead atoms. The largest absolute Gasteiger partial charge is 0.423 e. The van der Waals surface area contributed by atoms with Crippen molar-refractivity contribution in [3.63, 3.8) is 0 Å². The van der Waals surface area contributed by atoms with E-state index in [4.69, 9.17) is 4.42 Å². The molecule has 2 heterocycles. The van der Waals surface area contributed by atoms with Gasteiger partial charge in [0.25, 0.3) is 0 Å². The summed E-state index contributed by atoms with van der Waals surface area (Å²) < 4.78 is 5.26. The molecule has 3 rings (SSSR count). The average molecular weight is 328 g/mol. The lowest BCUT2D eigenvalue weighted by molar-refractivity contribution is -0.120. The maximum Gasteiger partial charge on any atom is 0.336 e. The molecular formula is C19H24N2O3. The van der Waals surface area contributed by atoms with Crippen LogP contribution < -0.4 is 10.9 Å². The SMILES string of the molecule is Cc1cc2oc(=O)cc(C)c2cc1NC(=O)C1CCCCCN1C. The zero-order valence-electron chi connectivity index (χ0n) is 14.5. The Morgan fingerprint density at radius 2 is 1.96 bits per heavy atom. The van der Waals surface area contributed by atoms with Gasteiger partial charge in [-0.3, -0.25) is 9.69 Å². The van der Waals surface area contributed by atoms with Gasteiger partial charge in [-0.05, 0) is 63.5 Å². The number of fused-ring (bicyclic) bond motifs is 1. The molecule has 1 fully saturated rings. The molecule has 1 atom stereocenters. The highest BCUT2D eigenvalue weighted by Gasteiger charge is 2.25. The van der Waals surface area contributed by atoms with Crippen molar-refractivity contribution in [2.75, 3.05) is 18.9 Å². The monoisotopic (exact) mass is 328 g/mol. The molecule has 1 aliphatic heterocycles. The van der Waals surface area contributed by atoms with Crippen molar-refractivity contribution < 1.29 is 9.21 Å². The highest BCUT2D eigenvalue weighted by molar-refractivity contribution is 5.98. The maximum atomic E-state index is 12.7. The fourth-order valence-electron chi connectivity index (χ4n) is 3.40. The van der Waals surface area contributed by atoms with Gasteiger partial charge in [0.1, 0.15) is 5.58 Å². The van der Waals surface area contributed by atoms with Crippen LogP contribution in [0.1, 0.15) is 36.8 Å².